The molecule has 0 saturated carbocycles. The fraction of sp³-hybridized carbons (Fsp3) is 0.316. The predicted molar refractivity (Wildman–Crippen MR) is 105 cm³/mol. The molecule has 8 heteroatoms. The minimum atomic E-state index is -0.693. The van der Waals surface area contributed by atoms with Gasteiger partial charge in [-0.15, -0.1) is 11.3 Å². The Kier molecular flexibility index (Phi) is 4.35. The number of benzene rings is 1. The molecule has 1 aromatic carbocycles. The molecule has 27 heavy (non-hydrogen) atoms. The molecule has 1 aromatic heterocycles. The van der Waals surface area contributed by atoms with Crippen LogP contribution in [-0.4, -0.2) is 41.2 Å². The summed E-state index contributed by atoms with van der Waals surface area (Å²) in [6, 6.07) is 9.35. The van der Waals surface area contributed by atoms with Crippen molar-refractivity contribution in [3.05, 3.63) is 40.6 Å². The van der Waals surface area contributed by atoms with Crippen LogP contribution in [0.2, 0.25) is 0 Å². The molecule has 2 aliphatic heterocycles. The van der Waals surface area contributed by atoms with Gasteiger partial charge in [-0.25, -0.2) is 0 Å². The second kappa shape index (κ2) is 6.70. The zero-order valence-corrected chi connectivity index (χ0v) is 15.7. The zero-order valence-electron chi connectivity index (χ0n) is 14.9. The van der Waals surface area contributed by atoms with E-state index in [0.717, 1.165) is 11.4 Å². The molecule has 1 saturated heterocycles. The van der Waals surface area contributed by atoms with Gasteiger partial charge in [-0.3, -0.25) is 14.4 Å². The Bertz CT molecular complexity index is 915. The Labute approximate surface area is 160 Å². The lowest BCUT2D eigenvalue weighted by molar-refractivity contribution is -0.122. The number of nitrogens with zero attached hydrogens (tertiary/aromatic N) is 1. The highest BCUT2D eigenvalue weighted by Gasteiger charge is 2.45. The van der Waals surface area contributed by atoms with Gasteiger partial charge in [0.15, 0.2) is 0 Å². The minimum absolute atomic E-state index is 0.0524. The lowest BCUT2D eigenvalue weighted by Crippen LogP contribution is -2.59. The molecule has 1 spiro atoms. The third-order valence-corrected chi connectivity index (χ3v) is 5.96. The maximum atomic E-state index is 12.9. The molecule has 140 valence electrons. The summed E-state index contributed by atoms with van der Waals surface area (Å²) >= 11 is 1.31. The molecular weight excluding hydrogens is 364 g/mol. The Morgan fingerprint density at radius 2 is 1.85 bits per heavy atom. The number of anilines is 3. The number of hydrogen-bond acceptors (Lipinski definition) is 5. The van der Waals surface area contributed by atoms with Crippen molar-refractivity contribution in [2.75, 3.05) is 29.0 Å². The number of piperidine rings is 1. The van der Waals surface area contributed by atoms with Crippen LogP contribution in [0.25, 0.3) is 0 Å². The summed E-state index contributed by atoms with van der Waals surface area (Å²) in [5, 5.41) is 10.8. The summed E-state index contributed by atoms with van der Waals surface area (Å²) in [6.45, 7) is 2.36. The highest BCUT2D eigenvalue weighted by Crippen LogP contribution is 2.37. The summed E-state index contributed by atoms with van der Waals surface area (Å²) in [5.74, 6) is -0.370. The minimum Gasteiger partial charge on any atom is -0.369 e. The number of thiophene rings is 1. The van der Waals surface area contributed by atoms with E-state index in [2.05, 4.69) is 16.0 Å². The molecule has 0 unspecified atom stereocenters. The normalized spacial score (nSPS) is 17.7. The molecule has 0 aliphatic carbocycles. The zero-order chi connectivity index (χ0) is 19.0. The molecule has 3 amide bonds. The maximum Gasteiger partial charge on any atom is 0.266 e. The van der Waals surface area contributed by atoms with E-state index < -0.39 is 5.54 Å². The quantitative estimate of drug-likeness (QED) is 0.743. The van der Waals surface area contributed by atoms with Gasteiger partial charge in [0.05, 0.1) is 17.1 Å². The molecule has 3 N–H and O–H groups in total. The Hall–Kier alpha value is -2.87. The van der Waals surface area contributed by atoms with E-state index in [1.807, 2.05) is 24.3 Å². The molecule has 2 aliphatic rings. The van der Waals surface area contributed by atoms with Crippen LogP contribution in [0.4, 0.5) is 17.1 Å². The molecular formula is C19H20N4O3S. The average molecular weight is 384 g/mol. The standard InChI is InChI=1S/C19H20N4O3S/c1-12(24)20-15-6-11-27-16(15)17(25)23-9-7-19(8-10-23)18(26)21-13-4-2-3-5-14(13)22-19/h2-6,11,22H,7-10H2,1H3,(H,20,24)(H,21,26). The molecule has 0 bridgehead atoms. The van der Waals surface area contributed by atoms with E-state index in [1.165, 1.54) is 18.3 Å². The first-order valence-corrected chi connectivity index (χ1v) is 9.69. The van der Waals surface area contributed by atoms with Gasteiger partial charge in [0.2, 0.25) is 11.8 Å². The molecule has 3 heterocycles. The summed E-state index contributed by atoms with van der Waals surface area (Å²) in [4.78, 5) is 39.2. The predicted octanol–water partition coefficient (Wildman–Crippen LogP) is 2.75. The smallest absolute Gasteiger partial charge is 0.266 e. The number of amides is 3. The van der Waals surface area contributed by atoms with Crippen LogP contribution >= 0.6 is 11.3 Å². The lowest BCUT2D eigenvalue weighted by Gasteiger charge is -2.44. The van der Waals surface area contributed by atoms with Crippen LogP contribution in [0.3, 0.4) is 0 Å². The topological polar surface area (TPSA) is 90.5 Å². The average Bonchev–Trinajstić information content (AvgIpc) is 3.10. The van der Waals surface area contributed by atoms with E-state index in [9.17, 15) is 14.4 Å². The molecule has 1 fully saturated rings. The Balaban J connectivity index is 1.48. The van der Waals surface area contributed by atoms with Crippen LogP contribution in [0.5, 0.6) is 0 Å². The lowest BCUT2D eigenvalue weighted by atomic mass is 9.84. The van der Waals surface area contributed by atoms with Crippen molar-refractivity contribution in [3.8, 4) is 0 Å². The SMILES string of the molecule is CC(=O)Nc1ccsc1C(=O)N1CCC2(CC1)Nc1ccccc1NC2=O. The monoisotopic (exact) mass is 384 g/mol. The maximum absolute atomic E-state index is 12.9. The number of rotatable bonds is 2. The van der Waals surface area contributed by atoms with Gasteiger partial charge in [0.1, 0.15) is 10.4 Å². The number of nitrogens with one attached hydrogen (secondary N) is 3. The van der Waals surface area contributed by atoms with Gasteiger partial charge >= 0.3 is 0 Å². The van der Waals surface area contributed by atoms with Crippen LogP contribution in [0, 0.1) is 0 Å². The number of para-hydroxylation sites is 2. The van der Waals surface area contributed by atoms with Crippen molar-refractivity contribution >= 4 is 46.1 Å². The molecule has 2 aromatic rings. The Morgan fingerprint density at radius 1 is 1.15 bits per heavy atom. The number of carbonyl (C=O) groups excluding carboxylic acids is 3. The van der Waals surface area contributed by atoms with E-state index in [1.54, 1.807) is 16.3 Å². The molecule has 0 radical (unpaired) electrons. The van der Waals surface area contributed by atoms with Gasteiger partial charge in [-0.1, -0.05) is 12.1 Å². The van der Waals surface area contributed by atoms with Gasteiger partial charge in [0, 0.05) is 20.0 Å². The van der Waals surface area contributed by atoms with E-state index in [-0.39, 0.29) is 17.7 Å². The van der Waals surface area contributed by atoms with Crippen molar-refractivity contribution in [1.82, 2.24) is 4.90 Å². The van der Waals surface area contributed by atoms with Crippen molar-refractivity contribution < 1.29 is 14.4 Å². The van der Waals surface area contributed by atoms with E-state index in [4.69, 9.17) is 0 Å². The van der Waals surface area contributed by atoms with Crippen LogP contribution < -0.4 is 16.0 Å². The first-order valence-electron chi connectivity index (χ1n) is 8.81. The largest absolute Gasteiger partial charge is 0.369 e. The van der Waals surface area contributed by atoms with Crippen LogP contribution in [0.15, 0.2) is 35.7 Å². The summed E-state index contributed by atoms with van der Waals surface area (Å²) in [7, 11) is 0. The summed E-state index contributed by atoms with van der Waals surface area (Å²) in [5.41, 5.74) is 1.54. The molecule has 7 nitrogen and oxygen atoms in total. The fourth-order valence-electron chi connectivity index (χ4n) is 3.61. The third-order valence-electron chi connectivity index (χ3n) is 5.06. The molecule has 0 atom stereocenters. The van der Waals surface area contributed by atoms with Crippen molar-refractivity contribution in [2.24, 2.45) is 0 Å². The highest BCUT2D eigenvalue weighted by molar-refractivity contribution is 7.12. The van der Waals surface area contributed by atoms with Crippen LogP contribution in [0.1, 0.15) is 29.4 Å². The second-order valence-corrected chi connectivity index (χ2v) is 7.76. The highest BCUT2D eigenvalue weighted by atomic mass is 32.1. The number of likely N-dealkylation sites (tertiary alicyclic amines) is 1. The Morgan fingerprint density at radius 3 is 2.56 bits per heavy atom. The number of fused-ring (bicyclic) bond motifs is 1. The molecule has 4 rings (SSSR count). The first-order chi connectivity index (χ1) is 13.0. The first kappa shape index (κ1) is 17.5. The van der Waals surface area contributed by atoms with Crippen molar-refractivity contribution in [3.63, 3.8) is 0 Å². The van der Waals surface area contributed by atoms with Crippen LogP contribution in [-0.2, 0) is 9.59 Å². The second-order valence-electron chi connectivity index (χ2n) is 6.84. The van der Waals surface area contributed by atoms with E-state index in [0.29, 0.717) is 36.5 Å². The van der Waals surface area contributed by atoms with Gasteiger partial charge in [0.25, 0.3) is 5.91 Å². The summed E-state index contributed by atoms with van der Waals surface area (Å²) in [6.07, 6.45) is 1.06. The van der Waals surface area contributed by atoms with Gasteiger partial charge in [-0.2, -0.15) is 0 Å². The fourth-order valence-corrected chi connectivity index (χ4v) is 4.42. The van der Waals surface area contributed by atoms with E-state index >= 15 is 0 Å². The number of hydrogen-bond donors (Lipinski definition) is 3. The van der Waals surface area contributed by atoms with Crippen molar-refractivity contribution in [1.29, 1.82) is 0 Å². The van der Waals surface area contributed by atoms with Crippen molar-refractivity contribution in [2.45, 2.75) is 25.3 Å². The number of carbonyl (C=O) groups is 3. The third kappa shape index (κ3) is 3.16. The van der Waals surface area contributed by atoms with Gasteiger partial charge < -0.3 is 20.9 Å². The van der Waals surface area contributed by atoms with Gasteiger partial charge in [-0.05, 0) is 36.4 Å². The summed E-state index contributed by atoms with van der Waals surface area (Å²) < 4.78 is 0.